The first-order valence-corrected chi connectivity index (χ1v) is 7.53. The predicted octanol–water partition coefficient (Wildman–Crippen LogP) is 4.11. The molecule has 6 heteroatoms. The summed E-state index contributed by atoms with van der Waals surface area (Å²) >= 11 is 6.00. The second-order valence-corrected chi connectivity index (χ2v) is 5.38. The minimum Gasteiger partial charge on any atom is -0.493 e. The van der Waals surface area contributed by atoms with Gasteiger partial charge >= 0.3 is 0 Å². The lowest BCUT2D eigenvalue weighted by Crippen LogP contribution is -2.03. The molecule has 0 unspecified atom stereocenters. The molecule has 0 aliphatic carbocycles. The van der Waals surface area contributed by atoms with Gasteiger partial charge in [0.15, 0.2) is 17.8 Å². The van der Waals surface area contributed by atoms with E-state index in [4.69, 9.17) is 30.5 Å². The van der Waals surface area contributed by atoms with E-state index in [1.807, 2.05) is 6.07 Å². The fourth-order valence-electron chi connectivity index (χ4n) is 2.32. The van der Waals surface area contributed by atoms with Crippen molar-refractivity contribution in [3.63, 3.8) is 0 Å². The van der Waals surface area contributed by atoms with E-state index in [-0.39, 0.29) is 12.9 Å². The number of benzene rings is 2. The first kappa shape index (κ1) is 16.1. The highest BCUT2D eigenvalue weighted by Gasteiger charge is 2.20. The van der Waals surface area contributed by atoms with Crippen molar-refractivity contribution in [1.82, 2.24) is 0 Å². The van der Waals surface area contributed by atoms with E-state index >= 15 is 0 Å². The van der Waals surface area contributed by atoms with Crippen LogP contribution in [-0.4, -0.2) is 20.3 Å². The van der Waals surface area contributed by atoms with Crippen LogP contribution < -0.4 is 9.47 Å². The molecular formula is C17H16ClFO4. The number of rotatable bonds is 5. The lowest BCUT2D eigenvalue weighted by molar-refractivity contribution is -0.0442. The van der Waals surface area contributed by atoms with Gasteiger partial charge in [-0.05, 0) is 24.3 Å². The minimum absolute atomic E-state index is 0.0115. The van der Waals surface area contributed by atoms with Crippen molar-refractivity contribution in [2.24, 2.45) is 0 Å². The van der Waals surface area contributed by atoms with E-state index in [2.05, 4.69) is 0 Å². The quantitative estimate of drug-likeness (QED) is 0.822. The zero-order valence-electron chi connectivity index (χ0n) is 12.6. The lowest BCUT2D eigenvalue weighted by atomic mass is 10.2. The second kappa shape index (κ2) is 7.17. The predicted molar refractivity (Wildman–Crippen MR) is 83.4 cm³/mol. The smallest absolute Gasteiger partial charge is 0.184 e. The molecule has 1 saturated heterocycles. The Morgan fingerprint density at radius 2 is 1.96 bits per heavy atom. The molecule has 4 nitrogen and oxygen atoms in total. The Bertz CT molecular complexity index is 666. The van der Waals surface area contributed by atoms with Crippen molar-refractivity contribution >= 4 is 11.6 Å². The van der Waals surface area contributed by atoms with Crippen molar-refractivity contribution in [3.8, 4) is 11.5 Å². The fourth-order valence-corrected chi connectivity index (χ4v) is 2.54. The number of ether oxygens (including phenoxy) is 4. The monoisotopic (exact) mass is 338 g/mol. The summed E-state index contributed by atoms with van der Waals surface area (Å²) in [5.41, 5.74) is 1.15. The molecule has 3 rings (SSSR count). The average Bonchev–Trinajstić information content (AvgIpc) is 3.09. The highest BCUT2D eigenvalue weighted by Crippen LogP contribution is 2.34. The van der Waals surface area contributed by atoms with Crippen LogP contribution in [-0.2, 0) is 16.1 Å². The number of hydrogen-bond acceptors (Lipinski definition) is 4. The van der Waals surface area contributed by atoms with E-state index < -0.39 is 5.82 Å². The van der Waals surface area contributed by atoms with Gasteiger partial charge in [0.05, 0.1) is 25.3 Å². The lowest BCUT2D eigenvalue weighted by Gasteiger charge is -2.15. The van der Waals surface area contributed by atoms with Gasteiger partial charge in [-0.3, -0.25) is 0 Å². The molecular weight excluding hydrogens is 323 g/mol. The summed E-state index contributed by atoms with van der Waals surface area (Å²) in [4.78, 5) is 0. The molecule has 0 amide bonds. The average molecular weight is 339 g/mol. The van der Waals surface area contributed by atoms with E-state index in [0.717, 1.165) is 5.56 Å². The number of halogens is 2. The maximum Gasteiger partial charge on any atom is 0.184 e. The molecule has 2 aromatic rings. The highest BCUT2D eigenvalue weighted by molar-refractivity contribution is 6.31. The van der Waals surface area contributed by atoms with Gasteiger partial charge in [0.2, 0.25) is 0 Å². The maximum absolute atomic E-state index is 13.8. The van der Waals surface area contributed by atoms with Gasteiger partial charge in [-0.2, -0.15) is 0 Å². The topological polar surface area (TPSA) is 36.9 Å². The van der Waals surface area contributed by atoms with Gasteiger partial charge in [-0.25, -0.2) is 4.39 Å². The SMILES string of the molecule is COc1cc(C2OCCO2)ccc1OCc1c(F)cccc1Cl. The Hall–Kier alpha value is -1.82. The zero-order chi connectivity index (χ0) is 16.2. The Balaban J connectivity index is 1.77. The molecule has 1 aliphatic rings. The molecule has 0 bridgehead atoms. The molecule has 1 heterocycles. The first-order chi connectivity index (χ1) is 11.2. The first-order valence-electron chi connectivity index (χ1n) is 7.16. The van der Waals surface area contributed by atoms with Crippen LogP contribution >= 0.6 is 11.6 Å². The molecule has 1 fully saturated rings. The van der Waals surface area contributed by atoms with Gasteiger partial charge in [0.25, 0.3) is 0 Å². The minimum atomic E-state index is -0.402. The van der Waals surface area contributed by atoms with Crippen molar-refractivity contribution in [2.75, 3.05) is 20.3 Å². The summed E-state index contributed by atoms with van der Waals surface area (Å²) in [5, 5.41) is 0.327. The summed E-state index contributed by atoms with van der Waals surface area (Å²) in [6.07, 6.45) is -0.390. The van der Waals surface area contributed by atoms with Crippen LogP contribution in [0.25, 0.3) is 0 Å². The summed E-state index contributed by atoms with van der Waals surface area (Å²) in [6, 6.07) is 9.88. The highest BCUT2D eigenvalue weighted by atomic mass is 35.5. The third kappa shape index (κ3) is 3.58. The van der Waals surface area contributed by atoms with E-state index in [9.17, 15) is 4.39 Å². The van der Waals surface area contributed by atoms with E-state index in [1.54, 1.807) is 31.4 Å². The zero-order valence-corrected chi connectivity index (χ0v) is 13.3. The van der Waals surface area contributed by atoms with Gasteiger partial charge in [0, 0.05) is 11.1 Å². The largest absolute Gasteiger partial charge is 0.493 e. The van der Waals surface area contributed by atoms with Crippen molar-refractivity contribution in [3.05, 3.63) is 58.4 Å². The molecule has 0 atom stereocenters. The molecule has 0 aromatic heterocycles. The Kier molecular flexibility index (Phi) is 5.00. The van der Waals surface area contributed by atoms with Crippen molar-refractivity contribution in [2.45, 2.75) is 12.9 Å². The molecule has 0 spiro atoms. The van der Waals surface area contributed by atoms with Gasteiger partial charge in [-0.1, -0.05) is 23.7 Å². The standard InChI is InChI=1S/C17H16ClFO4/c1-20-16-9-11(17-21-7-8-22-17)5-6-15(16)23-10-12-13(18)3-2-4-14(12)19/h2-6,9,17H,7-8,10H2,1H3. The Morgan fingerprint density at radius 1 is 1.17 bits per heavy atom. The van der Waals surface area contributed by atoms with E-state index in [0.29, 0.717) is 35.3 Å². The van der Waals surface area contributed by atoms with E-state index in [1.165, 1.54) is 6.07 Å². The molecule has 122 valence electrons. The van der Waals surface area contributed by atoms with Gasteiger partial charge < -0.3 is 18.9 Å². The Morgan fingerprint density at radius 3 is 2.65 bits per heavy atom. The Labute approximate surface area is 138 Å². The second-order valence-electron chi connectivity index (χ2n) is 4.97. The molecule has 2 aromatic carbocycles. The molecule has 23 heavy (non-hydrogen) atoms. The van der Waals surface area contributed by atoms with Crippen LogP contribution in [0.3, 0.4) is 0 Å². The summed E-state index contributed by atoms with van der Waals surface area (Å²) in [6.45, 7) is 1.14. The van der Waals surface area contributed by atoms with Crippen molar-refractivity contribution < 1.29 is 23.3 Å². The molecule has 0 N–H and O–H groups in total. The number of methoxy groups -OCH3 is 1. The van der Waals surface area contributed by atoms with Gasteiger partial charge in [-0.15, -0.1) is 0 Å². The third-order valence-electron chi connectivity index (χ3n) is 3.52. The number of hydrogen-bond donors (Lipinski definition) is 0. The van der Waals surface area contributed by atoms with Crippen molar-refractivity contribution in [1.29, 1.82) is 0 Å². The van der Waals surface area contributed by atoms with Crippen LogP contribution in [0, 0.1) is 5.82 Å². The van der Waals surface area contributed by atoms with Crippen LogP contribution in [0.15, 0.2) is 36.4 Å². The normalized spacial score (nSPS) is 14.9. The van der Waals surface area contributed by atoms with Crippen LogP contribution in [0.4, 0.5) is 4.39 Å². The molecule has 0 radical (unpaired) electrons. The molecule has 0 saturated carbocycles. The maximum atomic E-state index is 13.8. The van der Waals surface area contributed by atoms with Crippen LogP contribution in [0.5, 0.6) is 11.5 Å². The summed E-state index contributed by atoms with van der Waals surface area (Å²) < 4.78 is 35.7. The van der Waals surface area contributed by atoms with Crippen LogP contribution in [0.2, 0.25) is 5.02 Å². The summed E-state index contributed by atoms with van der Waals surface area (Å²) in [5.74, 6) is 0.614. The fraction of sp³-hybridized carbons (Fsp3) is 0.294. The van der Waals surface area contributed by atoms with Gasteiger partial charge in [0.1, 0.15) is 12.4 Å². The summed E-state index contributed by atoms with van der Waals surface area (Å²) in [7, 11) is 1.54. The van der Waals surface area contributed by atoms with Crippen LogP contribution in [0.1, 0.15) is 17.4 Å². The third-order valence-corrected chi connectivity index (χ3v) is 3.87. The molecule has 1 aliphatic heterocycles.